The normalized spacial score (nSPS) is 14.1. The maximum Gasteiger partial charge on any atom is 0.224 e. The fourth-order valence-corrected chi connectivity index (χ4v) is 5.93. The maximum absolute atomic E-state index is 13.5. The van der Waals surface area contributed by atoms with Crippen LogP contribution in [0.4, 0.5) is 10.1 Å². The van der Waals surface area contributed by atoms with Crippen LogP contribution < -0.4 is 5.32 Å². The Kier molecular flexibility index (Phi) is 6.51. The Morgan fingerprint density at radius 1 is 0.927 bits per heavy atom. The van der Waals surface area contributed by atoms with Crippen LogP contribution >= 0.6 is 0 Å². The number of hydrogen-bond donors (Lipinski definition) is 3. The third kappa shape index (κ3) is 5.09. The van der Waals surface area contributed by atoms with Gasteiger partial charge in [0.2, 0.25) is 5.91 Å². The second-order valence-corrected chi connectivity index (χ2v) is 10.8. The van der Waals surface area contributed by atoms with Crippen molar-refractivity contribution in [3.05, 3.63) is 84.9 Å². The summed E-state index contributed by atoms with van der Waals surface area (Å²) >= 11 is 0. The highest BCUT2D eigenvalue weighted by Crippen LogP contribution is 2.34. The van der Waals surface area contributed by atoms with Gasteiger partial charge in [0.1, 0.15) is 17.0 Å². The van der Waals surface area contributed by atoms with Crippen LogP contribution in [-0.4, -0.2) is 31.1 Å². The minimum Gasteiger partial charge on any atom is -0.353 e. The molecule has 1 amide bonds. The van der Waals surface area contributed by atoms with E-state index in [1.165, 1.54) is 31.4 Å². The number of benzene rings is 2. The van der Waals surface area contributed by atoms with E-state index in [0.29, 0.717) is 23.7 Å². The maximum atomic E-state index is 13.5. The first-order chi connectivity index (χ1) is 20.1. The van der Waals surface area contributed by atoms with E-state index >= 15 is 0 Å². The van der Waals surface area contributed by atoms with Crippen molar-refractivity contribution in [3.63, 3.8) is 0 Å². The van der Waals surface area contributed by atoms with Gasteiger partial charge in [0, 0.05) is 29.1 Å². The van der Waals surface area contributed by atoms with Crippen molar-refractivity contribution < 1.29 is 9.18 Å². The molecule has 0 unspecified atom stereocenters. The fraction of sp³-hybridized carbons (Fsp3) is 0.212. The van der Waals surface area contributed by atoms with Crippen molar-refractivity contribution >= 4 is 33.5 Å². The van der Waals surface area contributed by atoms with E-state index in [9.17, 15) is 9.18 Å². The molecular weight excluding hydrogens is 515 g/mol. The molecule has 2 aromatic carbocycles. The largest absolute Gasteiger partial charge is 0.353 e. The van der Waals surface area contributed by atoms with Crippen LogP contribution in [0.25, 0.3) is 55.7 Å². The molecule has 4 aromatic heterocycles. The lowest BCUT2D eigenvalue weighted by atomic mass is 9.87. The molecule has 8 heteroatoms. The molecule has 204 valence electrons. The number of pyridine rings is 2. The summed E-state index contributed by atoms with van der Waals surface area (Å²) in [6.45, 7) is 0. The number of aromatic amines is 2. The van der Waals surface area contributed by atoms with E-state index in [0.717, 1.165) is 62.9 Å². The van der Waals surface area contributed by atoms with Crippen LogP contribution in [0.2, 0.25) is 0 Å². The Morgan fingerprint density at radius 2 is 1.78 bits per heavy atom. The molecule has 4 heterocycles. The van der Waals surface area contributed by atoms with Gasteiger partial charge in [-0.25, -0.2) is 9.37 Å². The third-order valence-electron chi connectivity index (χ3n) is 8.00. The number of anilines is 1. The Balaban J connectivity index is 1.19. The van der Waals surface area contributed by atoms with Crippen LogP contribution in [0.5, 0.6) is 0 Å². The molecule has 7 nitrogen and oxygen atoms in total. The minimum absolute atomic E-state index is 0.0372. The van der Waals surface area contributed by atoms with Crippen LogP contribution in [0.3, 0.4) is 0 Å². The second-order valence-electron chi connectivity index (χ2n) is 10.8. The first-order valence-corrected chi connectivity index (χ1v) is 14.1. The van der Waals surface area contributed by atoms with Crippen LogP contribution in [0.15, 0.2) is 79.1 Å². The van der Waals surface area contributed by atoms with E-state index in [-0.39, 0.29) is 11.7 Å². The standard InChI is InChI=1S/C33H29FN6O/c34-23-11-9-21(10-12-23)25-7-4-8-28-26(25)17-30(37-28)33-32-29(39-40-33)14-13-27(38-32)22-16-24(19-35-18-22)36-31(41)15-20-5-2-1-3-6-20/h4,7-14,16-20,37H,1-3,5-6,15H2,(H,36,41)(H,39,40). The number of hydrogen-bond acceptors (Lipinski definition) is 4. The molecule has 0 spiro atoms. The summed E-state index contributed by atoms with van der Waals surface area (Å²) in [5.74, 6) is 0.248. The van der Waals surface area contributed by atoms with Crippen molar-refractivity contribution in [2.24, 2.45) is 5.92 Å². The van der Waals surface area contributed by atoms with Crippen LogP contribution in [-0.2, 0) is 4.79 Å². The molecule has 41 heavy (non-hydrogen) atoms. The lowest BCUT2D eigenvalue weighted by molar-refractivity contribution is -0.117. The molecule has 1 aliphatic rings. The van der Waals surface area contributed by atoms with Crippen molar-refractivity contribution in [1.29, 1.82) is 0 Å². The number of nitrogens with one attached hydrogen (secondary N) is 3. The number of carbonyl (C=O) groups excluding carboxylic acids is 1. The fourth-order valence-electron chi connectivity index (χ4n) is 5.93. The van der Waals surface area contributed by atoms with Gasteiger partial charge >= 0.3 is 0 Å². The number of carbonyl (C=O) groups is 1. The highest BCUT2D eigenvalue weighted by Gasteiger charge is 2.18. The van der Waals surface area contributed by atoms with E-state index in [2.05, 4.69) is 31.5 Å². The molecule has 0 saturated heterocycles. The van der Waals surface area contributed by atoms with Crippen LogP contribution in [0, 0.1) is 11.7 Å². The number of fused-ring (bicyclic) bond motifs is 2. The van der Waals surface area contributed by atoms with Gasteiger partial charge in [-0.3, -0.25) is 14.9 Å². The molecule has 7 rings (SSSR count). The number of aromatic nitrogens is 5. The Morgan fingerprint density at radius 3 is 2.63 bits per heavy atom. The smallest absolute Gasteiger partial charge is 0.224 e. The van der Waals surface area contributed by atoms with Gasteiger partial charge in [0.05, 0.1) is 28.8 Å². The molecule has 0 radical (unpaired) electrons. The van der Waals surface area contributed by atoms with E-state index in [1.54, 1.807) is 24.5 Å². The average molecular weight is 545 g/mol. The monoisotopic (exact) mass is 544 g/mol. The summed E-state index contributed by atoms with van der Waals surface area (Å²) in [5, 5.41) is 11.7. The van der Waals surface area contributed by atoms with Gasteiger partial charge in [-0.2, -0.15) is 5.10 Å². The predicted octanol–water partition coefficient (Wildman–Crippen LogP) is 7.88. The summed E-state index contributed by atoms with van der Waals surface area (Å²) in [7, 11) is 0. The summed E-state index contributed by atoms with van der Waals surface area (Å²) < 4.78 is 13.5. The molecule has 0 bridgehead atoms. The lowest BCUT2D eigenvalue weighted by Crippen LogP contribution is -2.18. The summed E-state index contributed by atoms with van der Waals surface area (Å²) in [6.07, 6.45) is 9.95. The van der Waals surface area contributed by atoms with E-state index in [1.807, 2.05) is 36.4 Å². The number of rotatable bonds is 6. The summed E-state index contributed by atoms with van der Waals surface area (Å²) in [5.41, 5.74) is 8.18. The zero-order valence-electron chi connectivity index (χ0n) is 22.5. The van der Waals surface area contributed by atoms with Gasteiger partial charge in [0.25, 0.3) is 0 Å². The van der Waals surface area contributed by atoms with Crippen molar-refractivity contribution in [1.82, 2.24) is 25.1 Å². The third-order valence-corrected chi connectivity index (χ3v) is 8.00. The topological polar surface area (TPSA) is 99.4 Å². The van der Waals surface area contributed by atoms with Gasteiger partial charge in [-0.15, -0.1) is 0 Å². The van der Waals surface area contributed by atoms with Crippen molar-refractivity contribution in [2.45, 2.75) is 38.5 Å². The zero-order chi connectivity index (χ0) is 27.8. The highest BCUT2D eigenvalue weighted by molar-refractivity contribution is 6.00. The molecule has 1 saturated carbocycles. The first-order valence-electron chi connectivity index (χ1n) is 14.1. The highest BCUT2D eigenvalue weighted by atomic mass is 19.1. The predicted molar refractivity (Wildman–Crippen MR) is 160 cm³/mol. The van der Waals surface area contributed by atoms with Gasteiger partial charge in [-0.1, -0.05) is 43.5 Å². The molecule has 6 aromatic rings. The molecule has 3 N–H and O–H groups in total. The number of H-pyrrole nitrogens is 2. The molecule has 0 atom stereocenters. The quantitative estimate of drug-likeness (QED) is 0.199. The number of halogens is 1. The average Bonchev–Trinajstić information content (AvgIpc) is 3.62. The Labute approximate surface area is 236 Å². The summed E-state index contributed by atoms with van der Waals surface area (Å²) in [4.78, 5) is 25.5. The zero-order valence-corrected chi connectivity index (χ0v) is 22.5. The number of amides is 1. The lowest BCUT2D eigenvalue weighted by Gasteiger charge is -2.20. The van der Waals surface area contributed by atoms with Crippen molar-refractivity contribution in [2.75, 3.05) is 5.32 Å². The van der Waals surface area contributed by atoms with Gasteiger partial charge < -0.3 is 10.3 Å². The Hall–Kier alpha value is -4.85. The molecule has 1 aliphatic carbocycles. The molecule has 1 fully saturated rings. The summed E-state index contributed by atoms with van der Waals surface area (Å²) in [6, 6.07) is 20.4. The molecular formula is C33H29FN6O. The first kappa shape index (κ1) is 25.1. The van der Waals surface area contributed by atoms with Crippen molar-refractivity contribution in [3.8, 4) is 33.8 Å². The van der Waals surface area contributed by atoms with E-state index in [4.69, 9.17) is 4.98 Å². The second kappa shape index (κ2) is 10.6. The number of nitrogens with zero attached hydrogens (tertiary/aromatic N) is 3. The molecule has 0 aliphatic heterocycles. The van der Waals surface area contributed by atoms with Gasteiger partial charge in [-0.05, 0) is 72.4 Å². The van der Waals surface area contributed by atoms with E-state index < -0.39 is 0 Å². The minimum atomic E-state index is -0.261. The Bertz CT molecular complexity index is 1870. The van der Waals surface area contributed by atoms with Gasteiger partial charge in [0.15, 0.2) is 0 Å². The van der Waals surface area contributed by atoms with Crippen LogP contribution in [0.1, 0.15) is 38.5 Å². The SMILES string of the molecule is O=C(CC1CCCCC1)Nc1cncc(-c2ccc3[nH]nc(-c4cc5c(-c6ccc(F)cc6)cccc5[nH]4)c3n2)c1.